The van der Waals surface area contributed by atoms with E-state index in [0.717, 1.165) is 0 Å². The molecule has 0 unspecified atom stereocenters. The molecule has 0 aliphatic heterocycles. The van der Waals surface area contributed by atoms with Gasteiger partial charge in [-0.3, -0.25) is 0 Å². The van der Waals surface area contributed by atoms with Crippen LogP contribution in [0.5, 0.6) is 0 Å². The van der Waals surface area contributed by atoms with Gasteiger partial charge in [-0.2, -0.15) is 0 Å². The molecule has 0 N–H and O–H groups in total. The molecule has 0 fully saturated rings. The van der Waals surface area contributed by atoms with Crippen LogP contribution in [0.1, 0.15) is 43.0 Å². The van der Waals surface area contributed by atoms with Crippen LogP contribution in [-0.4, -0.2) is 45.9 Å². The summed E-state index contributed by atoms with van der Waals surface area (Å²) in [4.78, 5) is 0. The van der Waals surface area contributed by atoms with E-state index in [0.29, 0.717) is 0 Å². The predicted molar refractivity (Wildman–Crippen MR) is 55.7 cm³/mol. The normalized spacial score (nSPS) is 11.8. The van der Waals surface area contributed by atoms with Crippen LogP contribution < -0.4 is 0 Å². The third-order valence-electron chi connectivity index (χ3n) is 0.803. The number of hydrogen-bond donors (Lipinski definition) is 0. The van der Waals surface area contributed by atoms with Gasteiger partial charge < -0.3 is 1.43 Å². The summed E-state index contributed by atoms with van der Waals surface area (Å²) in [5.41, 5.74) is -0.138. The van der Waals surface area contributed by atoms with E-state index in [1.165, 1.54) is 0 Å². The third-order valence-corrected chi connectivity index (χ3v) is 2.41. The first kappa shape index (κ1) is 15.5. The molecule has 0 atom stereocenters. The van der Waals surface area contributed by atoms with Gasteiger partial charge in [0.1, 0.15) is 0 Å². The van der Waals surface area contributed by atoms with Crippen molar-refractivity contribution in [3.05, 3.63) is 0 Å². The fraction of sp³-hybridized carbons (Fsp3) is 1.00. The molecule has 0 aromatic rings. The fourth-order valence-electron chi connectivity index (χ4n) is 0.313. The fourth-order valence-corrected chi connectivity index (χ4v) is 0.938. The van der Waals surface area contributed by atoms with Gasteiger partial charge in [-0.25, -0.2) is 0 Å². The van der Waals surface area contributed by atoms with Crippen molar-refractivity contribution < 1.29 is 9.00 Å². The molecule has 0 saturated carbocycles. The van der Waals surface area contributed by atoms with E-state index >= 15 is 0 Å². The minimum absolute atomic E-state index is 0. The first-order valence-electron chi connectivity index (χ1n) is 3.88. The van der Waals surface area contributed by atoms with Gasteiger partial charge in [0, 0.05) is 0 Å². The van der Waals surface area contributed by atoms with Crippen molar-refractivity contribution in [3.8, 4) is 0 Å². The molecule has 0 amide bonds. The second kappa shape index (κ2) is 5.71. The van der Waals surface area contributed by atoms with Crippen LogP contribution in [0.2, 0.25) is 0 Å². The van der Waals surface area contributed by atoms with Gasteiger partial charge in [0.05, 0.1) is 0 Å². The molecule has 2 nitrogen and oxygen atoms in total. The van der Waals surface area contributed by atoms with Crippen molar-refractivity contribution in [2.24, 2.45) is 0 Å². The Morgan fingerprint density at radius 1 is 0.833 bits per heavy atom. The predicted octanol–water partition coefficient (Wildman–Crippen LogP) is 1.61. The zero-order valence-electron chi connectivity index (χ0n) is 9.39. The molecule has 0 aromatic carbocycles. The Balaban J connectivity index is -0.000000500. The monoisotopic (exact) mass is 182 g/mol. The van der Waals surface area contributed by atoms with Crippen LogP contribution in [0, 0.1) is 0 Å². The SMILES string of the molecule is CC(C)(C)[O][Al+][O]C(C)(C)C.[H-].[LiH]. The van der Waals surface area contributed by atoms with Gasteiger partial charge in [-0.1, -0.05) is 0 Å². The van der Waals surface area contributed by atoms with E-state index < -0.39 is 0 Å². The van der Waals surface area contributed by atoms with Gasteiger partial charge in [0.25, 0.3) is 0 Å². The molecule has 0 saturated heterocycles. The zero-order valence-corrected chi connectivity index (χ0v) is 9.55. The molecule has 68 valence electrons. The topological polar surface area (TPSA) is 18.5 Å². The van der Waals surface area contributed by atoms with Gasteiger partial charge in [-0.05, 0) is 0 Å². The molecule has 4 heteroatoms. The average molecular weight is 182 g/mol. The molecule has 0 aliphatic carbocycles. The van der Waals surface area contributed by atoms with E-state index in [-0.39, 0.29) is 47.4 Å². The van der Waals surface area contributed by atoms with Gasteiger partial charge in [0.2, 0.25) is 0 Å². The summed E-state index contributed by atoms with van der Waals surface area (Å²) in [5, 5.41) is 0. The Morgan fingerprint density at radius 3 is 1.25 bits per heavy atom. The quantitative estimate of drug-likeness (QED) is 0.604. The second-order valence-corrected chi connectivity index (χ2v) is 5.22. The van der Waals surface area contributed by atoms with E-state index in [4.69, 9.17) is 7.58 Å². The Kier molecular flexibility index (Phi) is 7.39. The molecular formula is C8H20AlLiO2. The van der Waals surface area contributed by atoms with E-state index in [2.05, 4.69) is 0 Å². The van der Waals surface area contributed by atoms with Crippen molar-refractivity contribution in [3.63, 3.8) is 0 Å². The van der Waals surface area contributed by atoms with Crippen molar-refractivity contribution in [2.75, 3.05) is 0 Å². The second-order valence-electron chi connectivity index (χ2n) is 4.56. The standard InChI is InChI=1S/2C4H9O.Al.Li.2H/c2*1-4(2,3)5;;;;/h2*1-3H3;;;;/q2*-1;+3;;;-1. The first-order chi connectivity index (χ1) is 4.71. The number of hydrogen-bond acceptors (Lipinski definition) is 2. The molecule has 0 aromatic heterocycles. The van der Waals surface area contributed by atoms with Crippen molar-refractivity contribution >= 4 is 34.7 Å². The van der Waals surface area contributed by atoms with Crippen LogP contribution in [0.3, 0.4) is 0 Å². The molecule has 0 aliphatic rings. The summed E-state index contributed by atoms with van der Waals surface area (Å²) in [6.45, 7) is 12.2. The maximum absolute atomic E-state index is 5.47. The van der Waals surface area contributed by atoms with Crippen LogP contribution >= 0.6 is 0 Å². The Morgan fingerprint density at radius 2 is 1.08 bits per heavy atom. The van der Waals surface area contributed by atoms with E-state index in [1.54, 1.807) is 0 Å². The maximum atomic E-state index is 5.47. The van der Waals surface area contributed by atoms with Gasteiger partial charge in [-0.15, -0.1) is 0 Å². The minimum atomic E-state index is -0.331. The Labute approximate surface area is 96.4 Å². The average Bonchev–Trinajstić information content (AvgIpc) is 1.55. The van der Waals surface area contributed by atoms with Gasteiger partial charge >= 0.3 is 95.1 Å². The summed E-state index contributed by atoms with van der Waals surface area (Å²) in [7, 11) is 0. The Bertz CT molecular complexity index is 106. The van der Waals surface area contributed by atoms with Crippen LogP contribution in [0.25, 0.3) is 0 Å². The molecule has 0 rings (SSSR count). The summed E-state index contributed by atoms with van der Waals surface area (Å²) in [6.07, 6.45) is 0. The Hall–Kier alpha value is 1.05. The van der Waals surface area contributed by atoms with Crippen molar-refractivity contribution in [2.45, 2.75) is 52.7 Å². The van der Waals surface area contributed by atoms with Crippen LogP contribution in [0.15, 0.2) is 0 Å². The molecule has 0 radical (unpaired) electrons. The molecule has 12 heavy (non-hydrogen) atoms. The van der Waals surface area contributed by atoms with Crippen LogP contribution in [-0.2, 0) is 7.58 Å². The van der Waals surface area contributed by atoms with E-state index in [9.17, 15) is 0 Å². The zero-order chi connectivity index (χ0) is 9.12. The summed E-state index contributed by atoms with van der Waals surface area (Å²) in [5.74, 6) is 0. The molecule has 0 bridgehead atoms. The van der Waals surface area contributed by atoms with Crippen molar-refractivity contribution in [1.29, 1.82) is 0 Å². The first-order valence-corrected chi connectivity index (χ1v) is 4.82. The molecular weight excluding hydrogens is 162 g/mol. The van der Waals surface area contributed by atoms with Crippen molar-refractivity contribution in [1.82, 2.24) is 0 Å². The summed E-state index contributed by atoms with van der Waals surface area (Å²) < 4.78 is 10.9. The summed E-state index contributed by atoms with van der Waals surface area (Å²) >= 11 is -0.331. The van der Waals surface area contributed by atoms with E-state index in [1.807, 2.05) is 41.5 Å². The molecule has 0 spiro atoms. The number of rotatable bonds is 2. The van der Waals surface area contributed by atoms with Crippen LogP contribution in [0.4, 0.5) is 0 Å². The summed E-state index contributed by atoms with van der Waals surface area (Å²) in [6, 6.07) is 0. The van der Waals surface area contributed by atoms with Gasteiger partial charge in [0.15, 0.2) is 0 Å². The molecule has 0 heterocycles. The third kappa shape index (κ3) is 13.6.